The van der Waals surface area contributed by atoms with Crippen molar-refractivity contribution in [2.45, 2.75) is 0 Å². The van der Waals surface area contributed by atoms with Gasteiger partial charge in [-0.3, -0.25) is 5.10 Å². The molecule has 0 spiro atoms. The SMILES string of the molecule is Clc1ccc(-c2cnc3nc[nH]n23)cc1. The maximum absolute atomic E-state index is 5.83. The van der Waals surface area contributed by atoms with Gasteiger partial charge in [0.2, 0.25) is 0 Å². The number of hydrogen-bond donors (Lipinski definition) is 1. The summed E-state index contributed by atoms with van der Waals surface area (Å²) in [7, 11) is 0. The molecule has 3 rings (SSSR count). The first kappa shape index (κ1) is 8.49. The number of nitrogens with one attached hydrogen (secondary N) is 1. The van der Waals surface area contributed by atoms with E-state index in [2.05, 4.69) is 15.1 Å². The monoisotopic (exact) mass is 218 g/mol. The van der Waals surface area contributed by atoms with E-state index in [0.29, 0.717) is 5.78 Å². The molecule has 0 amide bonds. The van der Waals surface area contributed by atoms with Crippen LogP contribution in [0.4, 0.5) is 0 Å². The number of rotatable bonds is 1. The molecule has 2 heterocycles. The molecule has 15 heavy (non-hydrogen) atoms. The zero-order chi connectivity index (χ0) is 10.3. The van der Waals surface area contributed by atoms with Crippen molar-refractivity contribution in [3.63, 3.8) is 0 Å². The van der Waals surface area contributed by atoms with Gasteiger partial charge < -0.3 is 0 Å². The minimum absolute atomic E-state index is 0.667. The van der Waals surface area contributed by atoms with E-state index in [-0.39, 0.29) is 0 Å². The Bertz CT molecular complexity index is 593. The summed E-state index contributed by atoms with van der Waals surface area (Å²) in [5, 5.41) is 3.72. The van der Waals surface area contributed by atoms with E-state index in [4.69, 9.17) is 11.6 Å². The number of benzene rings is 1. The first-order valence-electron chi connectivity index (χ1n) is 4.47. The molecule has 4 nitrogen and oxygen atoms in total. The molecule has 0 fully saturated rings. The summed E-state index contributed by atoms with van der Waals surface area (Å²) in [5.41, 5.74) is 2.02. The lowest BCUT2D eigenvalue weighted by Crippen LogP contribution is -1.86. The summed E-state index contributed by atoms with van der Waals surface area (Å²) in [4.78, 5) is 8.22. The van der Waals surface area contributed by atoms with Crippen molar-refractivity contribution in [2.75, 3.05) is 0 Å². The molecule has 74 valence electrons. The standard InChI is InChI=1S/C10H7ClN4/c11-8-3-1-7(2-4-8)9-5-12-10-13-6-14-15(9)10/h1-6H,(H,12,13,14). The predicted octanol–water partition coefficient (Wildman–Crippen LogP) is 2.38. The molecule has 0 aliphatic rings. The number of aromatic nitrogens is 4. The summed E-state index contributed by atoms with van der Waals surface area (Å²) < 4.78 is 1.82. The van der Waals surface area contributed by atoms with Gasteiger partial charge in [0, 0.05) is 10.6 Å². The quantitative estimate of drug-likeness (QED) is 0.682. The molecule has 0 bridgehead atoms. The highest BCUT2D eigenvalue weighted by molar-refractivity contribution is 6.30. The zero-order valence-corrected chi connectivity index (χ0v) is 8.44. The summed E-state index contributed by atoms with van der Waals surface area (Å²) in [6.07, 6.45) is 3.39. The molecule has 3 aromatic rings. The Labute approximate surface area is 90.5 Å². The van der Waals surface area contributed by atoms with Gasteiger partial charge in [-0.05, 0) is 12.1 Å². The fourth-order valence-electron chi connectivity index (χ4n) is 1.53. The third-order valence-corrected chi connectivity index (χ3v) is 2.50. The van der Waals surface area contributed by atoms with Crippen molar-refractivity contribution < 1.29 is 0 Å². The number of nitrogens with zero attached hydrogens (tertiary/aromatic N) is 3. The molecular weight excluding hydrogens is 212 g/mol. The maximum atomic E-state index is 5.83. The van der Waals surface area contributed by atoms with Crippen LogP contribution in [-0.2, 0) is 0 Å². The smallest absolute Gasteiger partial charge is 0.250 e. The summed E-state index contributed by atoms with van der Waals surface area (Å²) in [5.74, 6) is 0.667. The van der Waals surface area contributed by atoms with Crippen molar-refractivity contribution in [3.05, 3.63) is 41.8 Å². The Morgan fingerprint density at radius 3 is 2.73 bits per heavy atom. The Morgan fingerprint density at radius 1 is 1.13 bits per heavy atom. The molecule has 2 aromatic heterocycles. The van der Waals surface area contributed by atoms with Gasteiger partial charge in [0.1, 0.15) is 6.33 Å². The zero-order valence-electron chi connectivity index (χ0n) is 7.68. The molecule has 0 aliphatic heterocycles. The van der Waals surface area contributed by atoms with Crippen LogP contribution in [-0.4, -0.2) is 19.6 Å². The predicted molar refractivity (Wildman–Crippen MR) is 57.8 cm³/mol. The maximum Gasteiger partial charge on any atom is 0.250 e. The molecule has 0 radical (unpaired) electrons. The van der Waals surface area contributed by atoms with Crippen molar-refractivity contribution >= 4 is 17.4 Å². The van der Waals surface area contributed by atoms with Crippen LogP contribution in [0.3, 0.4) is 0 Å². The second-order valence-electron chi connectivity index (χ2n) is 3.17. The Morgan fingerprint density at radius 2 is 1.93 bits per heavy atom. The van der Waals surface area contributed by atoms with E-state index in [1.54, 1.807) is 12.5 Å². The number of hydrogen-bond acceptors (Lipinski definition) is 2. The van der Waals surface area contributed by atoms with Crippen LogP contribution >= 0.6 is 11.6 Å². The lowest BCUT2D eigenvalue weighted by atomic mass is 10.2. The number of fused-ring (bicyclic) bond motifs is 1. The molecule has 1 N–H and O–H groups in total. The van der Waals surface area contributed by atoms with E-state index in [9.17, 15) is 0 Å². The third kappa shape index (κ3) is 1.30. The highest BCUT2D eigenvalue weighted by Gasteiger charge is 2.06. The van der Waals surface area contributed by atoms with Crippen LogP contribution in [0.2, 0.25) is 5.02 Å². The summed E-state index contributed by atoms with van der Waals surface area (Å²) >= 11 is 5.83. The van der Waals surface area contributed by atoms with E-state index in [1.165, 1.54) is 0 Å². The normalized spacial score (nSPS) is 11.0. The largest absolute Gasteiger partial charge is 0.280 e. The Hall–Kier alpha value is -1.81. The van der Waals surface area contributed by atoms with E-state index in [0.717, 1.165) is 16.3 Å². The van der Waals surface area contributed by atoms with Crippen LogP contribution in [0, 0.1) is 0 Å². The van der Waals surface area contributed by atoms with E-state index in [1.807, 2.05) is 28.8 Å². The topological polar surface area (TPSA) is 46.0 Å². The lowest BCUT2D eigenvalue weighted by molar-refractivity contribution is 0.980. The van der Waals surface area contributed by atoms with Gasteiger partial charge in [0.15, 0.2) is 0 Å². The molecule has 0 unspecified atom stereocenters. The highest BCUT2D eigenvalue weighted by Crippen LogP contribution is 2.21. The van der Waals surface area contributed by atoms with Gasteiger partial charge in [-0.2, -0.15) is 0 Å². The fourth-order valence-corrected chi connectivity index (χ4v) is 1.66. The summed E-state index contributed by atoms with van der Waals surface area (Å²) in [6, 6.07) is 7.61. The first-order chi connectivity index (χ1) is 7.34. The molecule has 0 saturated carbocycles. The number of imidazole rings is 1. The Balaban J connectivity index is 2.21. The molecule has 5 heteroatoms. The van der Waals surface area contributed by atoms with Crippen LogP contribution in [0.25, 0.3) is 17.0 Å². The highest BCUT2D eigenvalue weighted by atomic mass is 35.5. The molecule has 0 aliphatic carbocycles. The van der Waals surface area contributed by atoms with Crippen molar-refractivity contribution in [1.29, 1.82) is 0 Å². The average molecular weight is 219 g/mol. The van der Waals surface area contributed by atoms with Crippen molar-refractivity contribution in [3.8, 4) is 11.3 Å². The number of aromatic amines is 1. The third-order valence-electron chi connectivity index (χ3n) is 2.25. The van der Waals surface area contributed by atoms with Gasteiger partial charge in [0.05, 0.1) is 11.9 Å². The van der Waals surface area contributed by atoms with Crippen molar-refractivity contribution in [1.82, 2.24) is 19.6 Å². The lowest BCUT2D eigenvalue weighted by Gasteiger charge is -1.98. The first-order valence-corrected chi connectivity index (χ1v) is 4.85. The molecular formula is C10H7ClN4. The second-order valence-corrected chi connectivity index (χ2v) is 3.61. The van der Waals surface area contributed by atoms with E-state index >= 15 is 0 Å². The minimum Gasteiger partial charge on any atom is -0.280 e. The minimum atomic E-state index is 0.667. The van der Waals surface area contributed by atoms with Gasteiger partial charge in [0.25, 0.3) is 5.78 Å². The van der Waals surface area contributed by atoms with Gasteiger partial charge in [-0.1, -0.05) is 23.7 Å². The fraction of sp³-hybridized carbons (Fsp3) is 0. The van der Waals surface area contributed by atoms with Crippen LogP contribution in [0.15, 0.2) is 36.8 Å². The van der Waals surface area contributed by atoms with Crippen LogP contribution in [0.1, 0.15) is 0 Å². The van der Waals surface area contributed by atoms with E-state index < -0.39 is 0 Å². The molecule has 1 aromatic carbocycles. The van der Waals surface area contributed by atoms with Gasteiger partial charge in [-0.25, -0.2) is 14.5 Å². The van der Waals surface area contributed by atoms with Gasteiger partial charge in [-0.15, -0.1) is 0 Å². The van der Waals surface area contributed by atoms with Crippen LogP contribution in [0.5, 0.6) is 0 Å². The molecule has 0 saturated heterocycles. The summed E-state index contributed by atoms with van der Waals surface area (Å²) in [6.45, 7) is 0. The number of H-pyrrole nitrogens is 1. The van der Waals surface area contributed by atoms with Gasteiger partial charge >= 0.3 is 0 Å². The average Bonchev–Trinajstić information content (AvgIpc) is 2.80. The van der Waals surface area contributed by atoms with Crippen LogP contribution < -0.4 is 0 Å². The second kappa shape index (κ2) is 3.10. The van der Waals surface area contributed by atoms with Crippen molar-refractivity contribution in [2.24, 2.45) is 0 Å². The Kier molecular flexibility index (Phi) is 1.76. The number of halogens is 1. The molecule has 0 atom stereocenters.